The van der Waals surface area contributed by atoms with E-state index in [0.29, 0.717) is 11.5 Å². The van der Waals surface area contributed by atoms with Crippen molar-refractivity contribution in [1.29, 1.82) is 0 Å². The van der Waals surface area contributed by atoms with Crippen LogP contribution in [0, 0.1) is 13.8 Å². The Hall–Kier alpha value is -2.82. The summed E-state index contributed by atoms with van der Waals surface area (Å²) in [4.78, 5) is 12.0. The second kappa shape index (κ2) is 8.15. The summed E-state index contributed by atoms with van der Waals surface area (Å²) in [6, 6.07) is 11.5. The number of carbonyl (C=O) groups is 1. The summed E-state index contributed by atoms with van der Waals surface area (Å²) in [5.74, 6) is 1.02. The summed E-state index contributed by atoms with van der Waals surface area (Å²) in [6.07, 6.45) is 1.83. The molecule has 0 aliphatic rings. The Balaban J connectivity index is 2.01. The molecular weight excluding hydrogens is 304 g/mol. The minimum atomic E-state index is -0.170. The van der Waals surface area contributed by atoms with Gasteiger partial charge in [-0.1, -0.05) is 24.3 Å². The van der Waals surface area contributed by atoms with Crippen molar-refractivity contribution in [2.45, 2.75) is 20.3 Å². The van der Waals surface area contributed by atoms with Crippen LogP contribution in [0.4, 0.5) is 0 Å². The Morgan fingerprint density at radius 2 is 1.92 bits per heavy atom. The Bertz CT molecular complexity index is 754. The van der Waals surface area contributed by atoms with E-state index in [1.54, 1.807) is 26.5 Å². The van der Waals surface area contributed by atoms with Gasteiger partial charge in [-0.05, 0) is 42.7 Å². The van der Waals surface area contributed by atoms with E-state index in [1.807, 2.05) is 44.2 Å². The molecule has 126 valence electrons. The first kappa shape index (κ1) is 17.5. The van der Waals surface area contributed by atoms with Gasteiger partial charge in [-0.15, -0.1) is 0 Å². The number of rotatable bonds is 6. The first-order valence-electron chi connectivity index (χ1n) is 7.64. The molecule has 2 aromatic rings. The summed E-state index contributed by atoms with van der Waals surface area (Å²) >= 11 is 0. The van der Waals surface area contributed by atoms with Gasteiger partial charge in [-0.3, -0.25) is 4.79 Å². The van der Waals surface area contributed by atoms with Crippen LogP contribution in [0.25, 0.3) is 0 Å². The van der Waals surface area contributed by atoms with E-state index in [2.05, 4.69) is 10.5 Å². The van der Waals surface area contributed by atoms with Crippen LogP contribution in [0.1, 0.15) is 22.3 Å². The van der Waals surface area contributed by atoms with Crippen LogP contribution < -0.4 is 14.9 Å². The first-order chi connectivity index (χ1) is 11.5. The van der Waals surface area contributed by atoms with Gasteiger partial charge in [0.05, 0.1) is 26.9 Å². The molecule has 0 heterocycles. The van der Waals surface area contributed by atoms with Crippen LogP contribution in [-0.2, 0) is 11.2 Å². The number of carbonyl (C=O) groups excluding carboxylic acids is 1. The quantitative estimate of drug-likeness (QED) is 0.656. The average Bonchev–Trinajstić information content (AvgIpc) is 2.57. The molecule has 5 nitrogen and oxygen atoms in total. The van der Waals surface area contributed by atoms with Crippen LogP contribution in [0.3, 0.4) is 0 Å². The highest BCUT2D eigenvalue weighted by atomic mass is 16.5. The predicted molar refractivity (Wildman–Crippen MR) is 94.9 cm³/mol. The Labute approximate surface area is 142 Å². The fourth-order valence-electron chi connectivity index (χ4n) is 2.33. The molecular formula is C19H22N2O3. The number of para-hydroxylation sites is 1. The minimum Gasteiger partial charge on any atom is -0.493 e. The molecule has 0 saturated heterocycles. The molecule has 1 N–H and O–H groups in total. The number of methoxy groups -OCH3 is 2. The lowest BCUT2D eigenvalue weighted by Crippen LogP contribution is -2.19. The number of aryl methyl sites for hydroxylation is 2. The van der Waals surface area contributed by atoms with E-state index < -0.39 is 0 Å². The van der Waals surface area contributed by atoms with Crippen molar-refractivity contribution >= 4 is 12.1 Å². The highest BCUT2D eigenvalue weighted by Crippen LogP contribution is 2.29. The second-order valence-electron chi connectivity index (χ2n) is 5.47. The number of hydrazone groups is 1. The number of hydrogen-bond acceptors (Lipinski definition) is 4. The van der Waals surface area contributed by atoms with E-state index in [0.717, 1.165) is 11.1 Å². The molecule has 2 rings (SSSR count). The number of amides is 1. The lowest BCUT2D eigenvalue weighted by molar-refractivity contribution is -0.120. The molecule has 0 aliphatic heterocycles. The van der Waals surface area contributed by atoms with Crippen molar-refractivity contribution in [2.24, 2.45) is 5.10 Å². The topological polar surface area (TPSA) is 59.9 Å². The molecule has 2 aromatic carbocycles. The van der Waals surface area contributed by atoms with E-state index in [-0.39, 0.29) is 12.3 Å². The fourth-order valence-corrected chi connectivity index (χ4v) is 2.33. The smallest absolute Gasteiger partial charge is 0.244 e. The Morgan fingerprint density at radius 1 is 1.12 bits per heavy atom. The van der Waals surface area contributed by atoms with Gasteiger partial charge in [0.1, 0.15) is 0 Å². The van der Waals surface area contributed by atoms with Gasteiger partial charge in [-0.2, -0.15) is 5.10 Å². The second-order valence-corrected chi connectivity index (χ2v) is 5.47. The van der Waals surface area contributed by atoms with Crippen LogP contribution in [0.2, 0.25) is 0 Å². The van der Waals surface area contributed by atoms with Crippen molar-refractivity contribution in [2.75, 3.05) is 14.2 Å². The van der Waals surface area contributed by atoms with Crippen LogP contribution >= 0.6 is 0 Å². The van der Waals surface area contributed by atoms with E-state index in [4.69, 9.17) is 9.47 Å². The largest absolute Gasteiger partial charge is 0.493 e. The minimum absolute atomic E-state index is 0.170. The summed E-state index contributed by atoms with van der Waals surface area (Å²) in [5.41, 5.74) is 6.61. The monoisotopic (exact) mass is 326 g/mol. The molecule has 0 atom stereocenters. The van der Waals surface area contributed by atoms with E-state index in [9.17, 15) is 4.79 Å². The summed E-state index contributed by atoms with van der Waals surface area (Å²) in [5, 5.41) is 4.00. The third-order valence-corrected chi connectivity index (χ3v) is 3.76. The Kier molecular flexibility index (Phi) is 5.95. The van der Waals surface area contributed by atoms with Crippen molar-refractivity contribution in [1.82, 2.24) is 5.43 Å². The maximum Gasteiger partial charge on any atom is 0.244 e. The van der Waals surface area contributed by atoms with Gasteiger partial charge in [0.2, 0.25) is 5.91 Å². The predicted octanol–water partition coefficient (Wildman–Crippen LogP) is 3.01. The van der Waals surface area contributed by atoms with Crippen molar-refractivity contribution in [3.05, 3.63) is 58.7 Å². The van der Waals surface area contributed by atoms with Gasteiger partial charge in [-0.25, -0.2) is 5.43 Å². The normalized spacial score (nSPS) is 10.7. The number of hydrogen-bond donors (Lipinski definition) is 1. The molecule has 24 heavy (non-hydrogen) atoms. The molecule has 0 spiro atoms. The van der Waals surface area contributed by atoms with Gasteiger partial charge >= 0.3 is 0 Å². The summed E-state index contributed by atoms with van der Waals surface area (Å²) < 4.78 is 10.5. The van der Waals surface area contributed by atoms with Gasteiger partial charge in [0.25, 0.3) is 0 Å². The zero-order chi connectivity index (χ0) is 17.5. The molecule has 0 aromatic heterocycles. The molecule has 0 radical (unpaired) electrons. The molecule has 0 aliphatic carbocycles. The Morgan fingerprint density at radius 3 is 2.58 bits per heavy atom. The molecule has 1 amide bonds. The van der Waals surface area contributed by atoms with Crippen LogP contribution in [0.5, 0.6) is 11.5 Å². The summed E-state index contributed by atoms with van der Waals surface area (Å²) in [6.45, 7) is 4.08. The third-order valence-electron chi connectivity index (χ3n) is 3.76. The first-order valence-corrected chi connectivity index (χ1v) is 7.64. The highest BCUT2D eigenvalue weighted by Gasteiger charge is 2.08. The van der Waals surface area contributed by atoms with Gasteiger partial charge in [0, 0.05) is 5.56 Å². The number of ether oxygens (including phenoxy) is 2. The maximum atomic E-state index is 12.0. The zero-order valence-corrected chi connectivity index (χ0v) is 14.4. The molecule has 0 fully saturated rings. The maximum absolute atomic E-state index is 12.0. The SMILES string of the molecule is COc1cccc(/C=N\NC(=O)Cc2ccc(C)c(C)c2)c1OC. The fraction of sp³-hybridized carbons (Fsp3) is 0.263. The number of nitrogens with zero attached hydrogens (tertiary/aromatic N) is 1. The van der Waals surface area contributed by atoms with Crippen LogP contribution in [0.15, 0.2) is 41.5 Å². The zero-order valence-electron chi connectivity index (χ0n) is 14.4. The molecule has 0 saturated carbocycles. The van der Waals surface area contributed by atoms with E-state index >= 15 is 0 Å². The summed E-state index contributed by atoms with van der Waals surface area (Å²) in [7, 11) is 3.14. The average molecular weight is 326 g/mol. The highest BCUT2D eigenvalue weighted by molar-refractivity contribution is 5.86. The molecule has 0 bridgehead atoms. The number of benzene rings is 2. The molecule has 0 unspecified atom stereocenters. The lowest BCUT2D eigenvalue weighted by atomic mass is 10.0. The van der Waals surface area contributed by atoms with Crippen molar-refractivity contribution < 1.29 is 14.3 Å². The third kappa shape index (κ3) is 4.35. The molecule has 5 heteroatoms. The van der Waals surface area contributed by atoms with Crippen molar-refractivity contribution in [3.8, 4) is 11.5 Å². The van der Waals surface area contributed by atoms with E-state index in [1.165, 1.54) is 11.1 Å². The van der Waals surface area contributed by atoms with Crippen LogP contribution in [-0.4, -0.2) is 26.3 Å². The number of nitrogens with one attached hydrogen (secondary N) is 1. The van der Waals surface area contributed by atoms with Gasteiger partial charge < -0.3 is 9.47 Å². The standard InChI is InChI=1S/C19H22N2O3/c1-13-8-9-15(10-14(13)2)11-18(22)21-20-12-16-6-5-7-17(23-3)19(16)24-4/h5-10,12H,11H2,1-4H3,(H,21,22)/b20-12-. The van der Waals surface area contributed by atoms with Gasteiger partial charge in [0.15, 0.2) is 11.5 Å². The van der Waals surface area contributed by atoms with Crippen molar-refractivity contribution in [3.63, 3.8) is 0 Å². The lowest BCUT2D eigenvalue weighted by Gasteiger charge is -2.09.